The summed E-state index contributed by atoms with van der Waals surface area (Å²) in [5.74, 6) is -0.748. The fourth-order valence-electron chi connectivity index (χ4n) is 6.16. The summed E-state index contributed by atoms with van der Waals surface area (Å²) in [6, 6.07) is 13.6. The molecule has 0 saturated carbocycles. The molecule has 0 aliphatic carbocycles. The van der Waals surface area contributed by atoms with Crippen molar-refractivity contribution < 1.29 is 31.8 Å². The molecule has 1 unspecified atom stereocenters. The molecule has 5 rings (SSSR count). The number of amides is 1. The molecule has 0 spiro atoms. The number of carbonyl (C=O) groups is 1. The Balaban J connectivity index is 1.66. The van der Waals surface area contributed by atoms with Gasteiger partial charge in [0.25, 0.3) is 15.9 Å². The van der Waals surface area contributed by atoms with Gasteiger partial charge in [0.15, 0.2) is 11.5 Å². The molecule has 0 radical (unpaired) electrons. The van der Waals surface area contributed by atoms with Gasteiger partial charge in [-0.25, -0.2) is 17.1 Å². The molecule has 2 aliphatic rings. The lowest BCUT2D eigenvalue weighted by atomic mass is 9.72. The molecule has 0 N–H and O–H groups in total. The zero-order valence-electron chi connectivity index (χ0n) is 25.3. The molecule has 1 saturated heterocycles. The Labute approximate surface area is 263 Å². The van der Waals surface area contributed by atoms with E-state index in [2.05, 4.69) is 16.8 Å². The smallest absolute Gasteiger partial charge is 0.272 e. The molecule has 3 aromatic rings. The molecule has 2 heterocycles. The van der Waals surface area contributed by atoms with Gasteiger partial charge in [-0.15, -0.1) is 0 Å². The van der Waals surface area contributed by atoms with Crippen molar-refractivity contribution in [1.82, 2.24) is 9.80 Å². The maximum atomic E-state index is 15.7. The Hall–Kier alpha value is -3.38. The quantitative estimate of drug-likeness (QED) is 0.290. The van der Waals surface area contributed by atoms with Gasteiger partial charge < -0.3 is 24.0 Å². The Morgan fingerprint density at radius 1 is 0.977 bits per heavy atom. The summed E-state index contributed by atoms with van der Waals surface area (Å²) in [7, 11) is 0.237. The predicted octanol–water partition coefficient (Wildman–Crippen LogP) is 4.94. The van der Waals surface area contributed by atoms with E-state index in [1.165, 1.54) is 38.5 Å². The van der Waals surface area contributed by atoms with Crippen molar-refractivity contribution in [2.24, 2.45) is 0 Å². The fraction of sp³-hybridized carbons (Fsp3) is 0.406. The zero-order valence-corrected chi connectivity index (χ0v) is 26.9. The highest BCUT2D eigenvalue weighted by molar-refractivity contribution is 7.93. The molecule has 0 bridgehead atoms. The minimum Gasteiger partial charge on any atom is -0.497 e. The third-order valence-corrected chi connectivity index (χ3v) is 10.7. The van der Waals surface area contributed by atoms with E-state index < -0.39 is 27.2 Å². The Morgan fingerprint density at radius 2 is 1.70 bits per heavy atom. The molecule has 44 heavy (non-hydrogen) atoms. The van der Waals surface area contributed by atoms with Crippen molar-refractivity contribution in [2.75, 3.05) is 64.9 Å². The van der Waals surface area contributed by atoms with Crippen LogP contribution >= 0.6 is 11.6 Å². The van der Waals surface area contributed by atoms with Crippen LogP contribution in [0, 0.1) is 5.82 Å². The molecule has 1 fully saturated rings. The largest absolute Gasteiger partial charge is 0.497 e. The van der Waals surface area contributed by atoms with Crippen LogP contribution in [0.25, 0.3) is 0 Å². The van der Waals surface area contributed by atoms with Crippen LogP contribution in [0.4, 0.5) is 10.1 Å². The number of ether oxygens (including phenoxy) is 3. The first-order valence-electron chi connectivity index (χ1n) is 14.5. The SMILES string of the molecule is CCOc1ccc(S(=O)(=O)N2C(=O)C(CCCN3CCN(C)CC3)(c3ccccc3F)c3ccc(OC)cc32)c(Cl)c1OC. The first-order valence-corrected chi connectivity index (χ1v) is 16.3. The van der Waals surface area contributed by atoms with E-state index in [4.69, 9.17) is 25.8 Å². The second kappa shape index (κ2) is 12.9. The molecular formula is C32H37ClFN3O6S. The van der Waals surface area contributed by atoms with Gasteiger partial charge in [0.1, 0.15) is 26.9 Å². The molecule has 1 amide bonds. The zero-order chi connectivity index (χ0) is 31.6. The number of anilines is 1. The van der Waals surface area contributed by atoms with Crippen LogP contribution in [0.5, 0.6) is 17.2 Å². The first-order chi connectivity index (χ1) is 21.1. The van der Waals surface area contributed by atoms with E-state index in [0.29, 0.717) is 30.9 Å². The van der Waals surface area contributed by atoms with Crippen LogP contribution in [0.1, 0.15) is 30.9 Å². The van der Waals surface area contributed by atoms with Gasteiger partial charge in [0.2, 0.25) is 0 Å². The molecule has 236 valence electrons. The number of likely N-dealkylation sites (N-methyl/N-ethyl adjacent to an activating group) is 1. The molecule has 1 atom stereocenters. The first kappa shape index (κ1) is 32.0. The number of piperazine rings is 1. The van der Waals surface area contributed by atoms with Crippen LogP contribution in [-0.4, -0.2) is 84.7 Å². The highest BCUT2D eigenvalue weighted by Crippen LogP contribution is 2.53. The van der Waals surface area contributed by atoms with Gasteiger partial charge >= 0.3 is 0 Å². The summed E-state index contributed by atoms with van der Waals surface area (Å²) in [5.41, 5.74) is -1.04. The molecular weight excluding hydrogens is 609 g/mol. The second-order valence-corrected chi connectivity index (χ2v) is 13.1. The lowest BCUT2D eigenvalue weighted by Gasteiger charge is -2.34. The summed E-state index contributed by atoms with van der Waals surface area (Å²) in [4.78, 5) is 19.1. The van der Waals surface area contributed by atoms with Crippen molar-refractivity contribution in [3.05, 3.63) is 76.6 Å². The molecule has 9 nitrogen and oxygen atoms in total. The van der Waals surface area contributed by atoms with Crippen LogP contribution < -0.4 is 18.5 Å². The summed E-state index contributed by atoms with van der Waals surface area (Å²) in [6.45, 7) is 6.37. The number of benzene rings is 3. The third-order valence-electron chi connectivity index (χ3n) is 8.44. The van der Waals surface area contributed by atoms with Gasteiger partial charge in [0.05, 0.1) is 26.5 Å². The maximum Gasteiger partial charge on any atom is 0.272 e. The van der Waals surface area contributed by atoms with E-state index in [1.54, 1.807) is 37.3 Å². The normalized spacial score (nSPS) is 19.2. The summed E-state index contributed by atoms with van der Waals surface area (Å²) in [6.07, 6.45) is 0.714. The van der Waals surface area contributed by atoms with Gasteiger partial charge in [-0.2, -0.15) is 0 Å². The molecule has 2 aliphatic heterocycles. The number of halogens is 2. The Bertz CT molecular complexity index is 1650. The minimum atomic E-state index is -4.64. The number of methoxy groups -OCH3 is 2. The van der Waals surface area contributed by atoms with Gasteiger partial charge in [-0.1, -0.05) is 35.9 Å². The van der Waals surface area contributed by atoms with Crippen LogP contribution in [0.15, 0.2) is 59.5 Å². The Kier molecular flexibility index (Phi) is 9.41. The predicted molar refractivity (Wildman–Crippen MR) is 167 cm³/mol. The average molecular weight is 646 g/mol. The number of nitrogens with zero attached hydrogens (tertiary/aromatic N) is 3. The molecule has 12 heteroatoms. The van der Waals surface area contributed by atoms with Crippen molar-refractivity contribution in [1.29, 1.82) is 0 Å². The van der Waals surface area contributed by atoms with Crippen LogP contribution in [0.2, 0.25) is 5.02 Å². The second-order valence-electron chi connectivity index (χ2n) is 10.9. The highest BCUT2D eigenvalue weighted by atomic mass is 35.5. The van der Waals surface area contributed by atoms with Gasteiger partial charge in [0, 0.05) is 37.8 Å². The number of hydrogen-bond donors (Lipinski definition) is 0. The lowest BCUT2D eigenvalue weighted by Crippen LogP contribution is -2.46. The summed E-state index contributed by atoms with van der Waals surface area (Å²) < 4.78 is 61.9. The van der Waals surface area contributed by atoms with Gasteiger partial charge in [-0.05, 0) is 63.2 Å². The Morgan fingerprint density at radius 3 is 2.36 bits per heavy atom. The molecule has 3 aromatic carbocycles. The fourth-order valence-corrected chi connectivity index (χ4v) is 8.23. The number of hydrogen-bond acceptors (Lipinski definition) is 8. The maximum absolute atomic E-state index is 15.7. The average Bonchev–Trinajstić information content (AvgIpc) is 3.26. The van der Waals surface area contributed by atoms with Crippen molar-refractivity contribution in [3.63, 3.8) is 0 Å². The van der Waals surface area contributed by atoms with E-state index in [0.717, 1.165) is 30.5 Å². The van der Waals surface area contributed by atoms with E-state index >= 15 is 4.39 Å². The number of carbonyl (C=O) groups excluding carboxylic acids is 1. The van der Waals surface area contributed by atoms with E-state index in [-0.39, 0.29) is 39.1 Å². The number of fused-ring (bicyclic) bond motifs is 1. The van der Waals surface area contributed by atoms with Crippen LogP contribution in [-0.2, 0) is 20.2 Å². The number of rotatable bonds is 11. The number of sulfonamides is 1. The van der Waals surface area contributed by atoms with Crippen LogP contribution in [0.3, 0.4) is 0 Å². The summed E-state index contributed by atoms with van der Waals surface area (Å²) in [5, 5.41) is -0.228. The van der Waals surface area contributed by atoms with Crippen molar-refractivity contribution in [2.45, 2.75) is 30.1 Å². The summed E-state index contributed by atoms with van der Waals surface area (Å²) >= 11 is 6.62. The third kappa shape index (κ3) is 5.51. The van der Waals surface area contributed by atoms with E-state index in [1.807, 2.05) is 0 Å². The lowest BCUT2D eigenvalue weighted by molar-refractivity contribution is -0.121. The van der Waals surface area contributed by atoms with Crippen molar-refractivity contribution >= 4 is 33.2 Å². The topological polar surface area (TPSA) is 88.6 Å². The van der Waals surface area contributed by atoms with Crippen molar-refractivity contribution in [3.8, 4) is 17.2 Å². The molecule has 0 aromatic heterocycles. The highest BCUT2D eigenvalue weighted by Gasteiger charge is 2.57. The minimum absolute atomic E-state index is 0.0275. The van der Waals surface area contributed by atoms with E-state index in [9.17, 15) is 13.2 Å². The standard InChI is InChI=1S/C32H37ClFN3O6S/c1-5-43-27-13-14-28(29(33)30(27)42-4)44(39,40)37-26-21-22(41-3)11-12-24(26)32(31(37)38,23-9-6-7-10-25(23)34)15-8-16-36-19-17-35(2)18-20-36/h6-7,9-14,21H,5,8,15-20H2,1-4H3. The van der Waals surface area contributed by atoms with Gasteiger partial charge in [-0.3, -0.25) is 4.79 Å². The monoisotopic (exact) mass is 645 g/mol.